The molecule has 0 aromatic heterocycles. The largest absolute Gasteiger partial charge is 0.481 e. The van der Waals surface area contributed by atoms with Crippen molar-refractivity contribution in [3.05, 3.63) is 53.1 Å². The first kappa shape index (κ1) is 22.0. The van der Waals surface area contributed by atoms with Gasteiger partial charge in [0, 0.05) is 11.6 Å². The second-order valence-corrected chi connectivity index (χ2v) is 8.98. The van der Waals surface area contributed by atoms with Gasteiger partial charge in [0.05, 0.1) is 10.6 Å². The second-order valence-electron chi connectivity index (χ2n) is 6.89. The van der Waals surface area contributed by atoms with E-state index in [1.165, 1.54) is 24.3 Å². The third-order valence-corrected chi connectivity index (χ3v) is 5.80. The van der Waals surface area contributed by atoms with E-state index in [9.17, 15) is 13.2 Å². The molecule has 0 aliphatic heterocycles. The molecule has 2 aromatic carbocycles. The molecule has 0 heterocycles. The van der Waals surface area contributed by atoms with Crippen molar-refractivity contribution in [3.8, 4) is 5.75 Å². The topological polar surface area (TPSA) is 84.5 Å². The average molecular weight is 425 g/mol. The van der Waals surface area contributed by atoms with E-state index in [0.717, 1.165) is 0 Å². The number of benzene rings is 2. The first-order valence-corrected chi connectivity index (χ1v) is 10.8. The highest BCUT2D eigenvalue weighted by Gasteiger charge is 2.18. The van der Waals surface area contributed by atoms with Gasteiger partial charge in [0.1, 0.15) is 5.75 Å². The Labute approximate surface area is 171 Å². The zero-order chi connectivity index (χ0) is 20.9. The number of sulfonamides is 1. The summed E-state index contributed by atoms with van der Waals surface area (Å²) in [5.74, 6) is 0.532. The minimum absolute atomic E-state index is 0.0798. The number of hydrogen-bond donors (Lipinski definition) is 2. The molecule has 0 aliphatic rings. The van der Waals surface area contributed by atoms with Gasteiger partial charge in [-0.3, -0.25) is 9.52 Å². The van der Waals surface area contributed by atoms with Gasteiger partial charge in [0.2, 0.25) is 0 Å². The van der Waals surface area contributed by atoms with Crippen LogP contribution >= 0.6 is 11.6 Å². The molecular formula is C20H25ClN2O4S. The Bertz CT molecular complexity index is 928. The molecule has 2 rings (SSSR count). The standard InChI is InChI=1S/C20H25ClN2O4S/c1-13(2)12-22-20(24)15(4)27-16-8-10-17(11-9-16)28(25,26)23-19-7-5-6-18(21)14(19)3/h5-11,13,15,23H,12H2,1-4H3,(H,22,24)/t15-/m0/s1. The van der Waals surface area contributed by atoms with E-state index >= 15 is 0 Å². The van der Waals surface area contributed by atoms with Crippen LogP contribution in [-0.2, 0) is 14.8 Å². The van der Waals surface area contributed by atoms with Crippen molar-refractivity contribution in [2.45, 2.75) is 38.7 Å². The molecule has 0 spiro atoms. The fraction of sp³-hybridized carbons (Fsp3) is 0.350. The number of amides is 1. The van der Waals surface area contributed by atoms with Crippen LogP contribution in [0.15, 0.2) is 47.4 Å². The summed E-state index contributed by atoms with van der Waals surface area (Å²) >= 11 is 6.04. The predicted molar refractivity (Wildman–Crippen MR) is 111 cm³/mol. The smallest absolute Gasteiger partial charge is 0.261 e. The SMILES string of the molecule is Cc1c(Cl)cccc1NS(=O)(=O)c1ccc(O[C@@H](C)C(=O)NCC(C)C)cc1. The lowest BCUT2D eigenvalue weighted by Crippen LogP contribution is -2.38. The summed E-state index contributed by atoms with van der Waals surface area (Å²) in [6.07, 6.45) is -0.687. The van der Waals surface area contributed by atoms with Crippen molar-refractivity contribution in [3.63, 3.8) is 0 Å². The third-order valence-electron chi connectivity index (χ3n) is 4.01. The summed E-state index contributed by atoms with van der Waals surface area (Å²) in [6.45, 7) is 7.96. The lowest BCUT2D eigenvalue weighted by Gasteiger charge is -2.16. The molecule has 0 bridgehead atoms. The van der Waals surface area contributed by atoms with Crippen molar-refractivity contribution in [2.75, 3.05) is 11.3 Å². The lowest BCUT2D eigenvalue weighted by atomic mass is 10.2. The number of ether oxygens (including phenoxy) is 1. The number of hydrogen-bond acceptors (Lipinski definition) is 4. The summed E-state index contributed by atoms with van der Waals surface area (Å²) in [7, 11) is -3.78. The van der Waals surface area contributed by atoms with Gasteiger partial charge in [0.15, 0.2) is 6.10 Å². The van der Waals surface area contributed by atoms with Gasteiger partial charge >= 0.3 is 0 Å². The van der Waals surface area contributed by atoms with Gasteiger partial charge < -0.3 is 10.1 Å². The minimum Gasteiger partial charge on any atom is -0.481 e. The van der Waals surface area contributed by atoms with Gasteiger partial charge in [-0.05, 0) is 61.7 Å². The Balaban J connectivity index is 2.06. The van der Waals surface area contributed by atoms with Gasteiger partial charge in [0.25, 0.3) is 15.9 Å². The molecule has 0 aliphatic carbocycles. The first-order valence-electron chi connectivity index (χ1n) is 8.92. The Hall–Kier alpha value is -2.25. The molecule has 0 radical (unpaired) electrons. The Kier molecular flexibility index (Phi) is 7.32. The zero-order valence-electron chi connectivity index (χ0n) is 16.3. The number of halogens is 1. The molecule has 0 fully saturated rings. The number of nitrogens with one attached hydrogen (secondary N) is 2. The summed E-state index contributed by atoms with van der Waals surface area (Å²) in [6, 6.07) is 10.9. The summed E-state index contributed by atoms with van der Waals surface area (Å²) in [5.41, 5.74) is 1.07. The van der Waals surface area contributed by atoms with Crippen molar-refractivity contribution in [1.82, 2.24) is 5.32 Å². The molecule has 28 heavy (non-hydrogen) atoms. The molecular weight excluding hydrogens is 400 g/mol. The molecule has 152 valence electrons. The quantitative estimate of drug-likeness (QED) is 0.671. The predicted octanol–water partition coefficient (Wildman–Crippen LogP) is 3.99. The van der Waals surface area contributed by atoms with Crippen LogP contribution in [0.25, 0.3) is 0 Å². The average Bonchev–Trinajstić information content (AvgIpc) is 2.63. The molecule has 2 aromatic rings. The summed E-state index contributed by atoms with van der Waals surface area (Å²) in [4.78, 5) is 12.1. The minimum atomic E-state index is -3.78. The van der Waals surface area contributed by atoms with E-state index in [2.05, 4.69) is 10.0 Å². The van der Waals surface area contributed by atoms with Crippen molar-refractivity contribution < 1.29 is 17.9 Å². The fourth-order valence-electron chi connectivity index (χ4n) is 2.33. The van der Waals surface area contributed by atoms with E-state index in [4.69, 9.17) is 16.3 Å². The normalized spacial score (nSPS) is 12.5. The van der Waals surface area contributed by atoms with Gasteiger partial charge in [-0.1, -0.05) is 31.5 Å². The van der Waals surface area contributed by atoms with Crippen LogP contribution in [0.3, 0.4) is 0 Å². The maximum atomic E-state index is 12.6. The van der Waals surface area contributed by atoms with E-state index in [-0.39, 0.29) is 10.8 Å². The van der Waals surface area contributed by atoms with E-state index < -0.39 is 16.1 Å². The first-order chi connectivity index (χ1) is 13.1. The highest BCUT2D eigenvalue weighted by Crippen LogP contribution is 2.26. The van der Waals surface area contributed by atoms with E-state index in [1.807, 2.05) is 13.8 Å². The maximum Gasteiger partial charge on any atom is 0.261 e. The molecule has 0 saturated carbocycles. The second kappa shape index (κ2) is 9.30. The van der Waals surface area contributed by atoms with Crippen molar-refractivity contribution >= 4 is 33.2 Å². The van der Waals surface area contributed by atoms with Crippen molar-refractivity contribution in [2.24, 2.45) is 5.92 Å². The van der Waals surface area contributed by atoms with Crippen LogP contribution in [0.4, 0.5) is 5.69 Å². The highest BCUT2D eigenvalue weighted by molar-refractivity contribution is 7.92. The number of anilines is 1. The maximum absolute atomic E-state index is 12.6. The third kappa shape index (κ3) is 5.87. The molecule has 0 unspecified atom stereocenters. The van der Waals surface area contributed by atoms with Crippen LogP contribution in [0, 0.1) is 12.8 Å². The number of carbonyl (C=O) groups excluding carboxylic acids is 1. The number of carbonyl (C=O) groups is 1. The zero-order valence-corrected chi connectivity index (χ0v) is 17.9. The highest BCUT2D eigenvalue weighted by atomic mass is 35.5. The molecule has 1 amide bonds. The molecule has 2 N–H and O–H groups in total. The monoisotopic (exact) mass is 424 g/mol. The Morgan fingerprint density at radius 1 is 1.11 bits per heavy atom. The summed E-state index contributed by atoms with van der Waals surface area (Å²) < 4.78 is 33.3. The molecule has 0 saturated heterocycles. The van der Waals surface area contributed by atoms with Crippen LogP contribution < -0.4 is 14.8 Å². The fourth-order valence-corrected chi connectivity index (χ4v) is 3.62. The van der Waals surface area contributed by atoms with Crippen LogP contribution in [-0.4, -0.2) is 27.0 Å². The van der Waals surface area contributed by atoms with Crippen LogP contribution in [0.1, 0.15) is 26.3 Å². The van der Waals surface area contributed by atoms with Crippen LogP contribution in [0.2, 0.25) is 5.02 Å². The van der Waals surface area contributed by atoms with Gasteiger partial charge in [-0.25, -0.2) is 8.42 Å². The van der Waals surface area contributed by atoms with Crippen LogP contribution in [0.5, 0.6) is 5.75 Å². The van der Waals surface area contributed by atoms with Gasteiger partial charge in [-0.2, -0.15) is 0 Å². The van der Waals surface area contributed by atoms with E-state index in [1.54, 1.807) is 32.0 Å². The molecule has 1 atom stereocenters. The summed E-state index contributed by atoms with van der Waals surface area (Å²) in [5, 5.41) is 3.27. The van der Waals surface area contributed by atoms with Crippen molar-refractivity contribution in [1.29, 1.82) is 0 Å². The number of rotatable bonds is 8. The Morgan fingerprint density at radius 2 is 1.75 bits per heavy atom. The molecule has 6 nitrogen and oxygen atoms in total. The molecule has 8 heteroatoms. The van der Waals surface area contributed by atoms with Gasteiger partial charge in [-0.15, -0.1) is 0 Å². The Morgan fingerprint density at radius 3 is 2.36 bits per heavy atom. The van der Waals surface area contributed by atoms with E-state index in [0.29, 0.717) is 34.5 Å². The lowest BCUT2D eigenvalue weighted by molar-refractivity contribution is -0.127.